The van der Waals surface area contributed by atoms with Gasteiger partial charge in [0.1, 0.15) is 6.61 Å². The topological polar surface area (TPSA) is 67.8 Å². The Balaban J connectivity index is 2.35. The molecule has 0 aliphatic heterocycles. The highest BCUT2D eigenvalue weighted by atomic mass is 32.2. The molecule has 0 saturated carbocycles. The summed E-state index contributed by atoms with van der Waals surface area (Å²) in [4.78, 5) is 11.9. The van der Waals surface area contributed by atoms with Crippen LogP contribution in [0.15, 0.2) is 42.5 Å². The fraction of sp³-hybridized carbons (Fsp3) is 0.267. The summed E-state index contributed by atoms with van der Waals surface area (Å²) in [6.45, 7) is -0.868. The normalized spacial score (nSPS) is 13.0. The van der Waals surface area contributed by atoms with Gasteiger partial charge >= 0.3 is 23.1 Å². The number of halogens is 6. The van der Waals surface area contributed by atoms with E-state index in [1.807, 2.05) is 0 Å². The summed E-state index contributed by atoms with van der Waals surface area (Å²) in [7, 11) is 0. The number of alkyl halides is 6. The van der Waals surface area contributed by atoms with E-state index in [-0.39, 0.29) is 5.56 Å². The van der Waals surface area contributed by atoms with Gasteiger partial charge in [-0.2, -0.15) is 30.7 Å². The summed E-state index contributed by atoms with van der Waals surface area (Å²) in [6, 6.07) is 11.0. The van der Waals surface area contributed by atoms with E-state index in [9.17, 15) is 36.4 Å². The molecule has 0 fully saturated rings. The van der Waals surface area contributed by atoms with Gasteiger partial charge in [-0.15, -0.1) is 0 Å². The van der Waals surface area contributed by atoms with Crippen LogP contribution in [0.3, 0.4) is 0 Å². The molecule has 0 atom stereocenters. The second-order valence-electron chi connectivity index (χ2n) is 5.11. The minimum atomic E-state index is -6.19. The average Bonchev–Trinajstić information content (AvgIpc) is 2.58. The van der Waals surface area contributed by atoms with Crippen molar-refractivity contribution >= 4 is 28.8 Å². The molecule has 0 radical (unpaired) electrons. The molecule has 0 aromatic heterocycles. The highest BCUT2D eigenvalue weighted by molar-refractivity contribution is 7.96. The Hall–Kier alpha value is -2.02. The number of carbonyl (C=O) groups is 1. The monoisotopic (exact) mass is 415 g/mol. The van der Waals surface area contributed by atoms with Gasteiger partial charge in [0.25, 0.3) is 0 Å². The van der Waals surface area contributed by atoms with Crippen molar-refractivity contribution in [3.8, 4) is 0 Å². The number of esters is 1. The minimum absolute atomic E-state index is 0.186. The molecule has 2 rings (SSSR count). The third-order valence-electron chi connectivity index (χ3n) is 3.51. The first-order valence-electron chi connectivity index (χ1n) is 6.96. The standard InChI is InChI=1S/C15H10F6O5S/c16-14(17,18)13(15(19,20)21,27-26-25-23)12(22)24-8-10-6-3-5-9-4-1-2-7-11(9)10/h1-7,23H,8H2/p-1. The smallest absolute Gasteiger partial charge is 0.425 e. The van der Waals surface area contributed by atoms with Gasteiger partial charge in [-0.1, -0.05) is 42.5 Å². The molecule has 0 bridgehead atoms. The first-order valence-corrected chi connectivity index (χ1v) is 7.70. The Labute approximate surface area is 151 Å². The van der Waals surface area contributed by atoms with Crippen molar-refractivity contribution in [2.75, 3.05) is 0 Å². The number of fused-ring (bicyclic) bond motifs is 1. The van der Waals surface area contributed by atoms with Crippen molar-refractivity contribution in [2.24, 2.45) is 0 Å². The molecule has 5 nitrogen and oxygen atoms in total. The Bertz CT molecular complexity index is 788. The maximum atomic E-state index is 13.1. The SMILES string of the molecule is O=C(OCc1cccc2ccccc12)C(SOO[O-])(C(F)(F)F)C(F)(F)F. The van der Waals surface area contributed by atoms with Crippen LogP contribution in [0.4, 0.5) is 26.3 Å². The summed E-state index contributed by atoms with van der Waals surface area (Å²) >= 11 is -1.53. The molecule has 2 aromatic rings. The predicted octanol–water partition coefficient (Wildman–Crippen LogP) is 3.62. The van der Waals surface area contributed by atoms with E-state index in [0.29, 0.717) is 10.8 Å². The highest BCUT2D eigenvalue weighted by Gasteiger charge is 2.79. The molecule has 148 valence electrons. The van der Waals surface area contributed by atoms with Crippen LogP contribution in [0.5, 0.6) is 0 Å². The van der Waals surface area contributed by atoms with Gasteiger partial charge in [0.05, 0.1) is 12.0 Å². The second-order valence-corrected chi connectivity index (χ2v) is 6.03. The molecule has 27 heavy (non-hydrogen) atoms. The molecule has 0 aliphatic carbocycles. The lowest BCUT2D eigenvalue weighted by atomic mass is 10.1. The van der Waals surface area contributed by atoms with Crippen molar-refractivity contribution in [1.29, 1.82) is 0 Å². The van der Waals surface area contributed by atoms with Crippen LogP contribution in [0, 0.1) is 0 Å². The fourth-order valence-electron chi connectivity index (χ4n) is 2.25. The van der Waals surface area contributed by atoms with E-state index in [2.05, 4.69) is 14.1 Å². The number of hydrogen-bond donors (Lipinski definition) is 0. The maximum absolute atomic E-state index is 13.1. The molecule has 0 amide bonds. The zero-order valence-electron chi connectivity index (χ0n) is 13.0. The fourth-order valence-corrected chi connectivity index (χ4v) is 2.69. The van der Waals surface area contributed by atoms with Crippen molar-refractivity contribution in [3.05, 3.63) is 48.0 Å². The van der Waals surface area contributed by atoms with Crippen molar-refractivity contribution in [1.82, 2.24) is 0 Å². The van der Waals surface area contributed by atoms with E-state index in [4.69, 9.17) is 0 Å². The largest absolute Gasteiger partial charge is 0.691 e. The summed E-state index contributed by atoms with van der Waals surface area (Å²) < 4.78 is 81.2. The third kappa shape index (κ3) is 4.13. The molecule has 0 heterocycles. The predicted molar refractivity (Wildman–Crippen MR) is 78.3 cm³/mol. The zero-order valence-corrected chi connectivity index (χ0v) is 13.8. The van der Waals surface area contributed by atoms with Crippen LogP contribution < -0.4 is 5.26 Å². The van der Waals surface area contributed by atoms with E-state index >= 15 is 0 Å². The molecular weight excluding hydrogens is 406 g/mol. The molecular formula is C15H9F6O5S-. The molecule has 12 heteroatoms. The summed E-state index contributed by atoms with van der Waals surface area (Å²) in [5.74, 6) is -2.70. The Morgan fingerprint density at radius 3 is 2.15 bits per heavy atom. The van der Waals surface area contributed by atoms with E-state index in [1.54, 1.807) is 30.3 Å². The lowest BCUT2D eigenvalue weighted by Crippen LogP contribution is -2.60. The van der Waals surface area contributed by atoms with Gasteiger partial charge in [-0.25, -0.2) is 4.79 Å². The first-order chi connectivity index (χ1) is 12.5. The van der Waals surface area contributed by atoms with E-state index in [0.717, 1.165) is 0 Å². The molecule has 0 saturated heterocycles. The molecule has 0 spiro atoms. The number of rotatable bonds is 6. The Kier molecular flexibility index (Phi) is 6.24. The lowest BCUT2D eigenvalue weighted by molar-refractivity contribution is -0.777. The lowest BCUT2D eigenvalue weighted by Gasteiger charge is -2.32. The van der Waals surface area contributed by atoms with Crippen LogP contribution in [0.1, 0.15) is 5.56 Å². The highest BCUT2D eigenvalue weighted by Crippen LogP contribution is 2.53. The van der Waals surface area contributed by atoms with Gasteiger partial charge in [0.2, 0.25) is 0 Å². The van der Waals surface area contributed by atoms with Crippen LogP contribution in [0.2, 0.25) is 0 Å². The maximum Gasteiger partial charge on any atom is 0.425 e. The van der Waals surface area contributed by atoms with E-state index in [1.165, 1.54) is 12.1 Å². The van der Waals surface area contributed by atoms with Crippen molar-refractivity contribution in [2.45, 2.75) is 23.7 Å². The van der Waals surface area contributed by atoms with Crippen molar-refractivity contribution in [3.63, 3.8) is 0 Å². The van der Waals surface area contributed by atoms with Crippen LogP contribution in [-0.2, 0) is 25.5 Å². The van der Waals surface area contributed by atoms with Gasteiger partial charge in [-0.3, -0.25) is 5.04 Å². The average molecular weight is 415 g/mol. The Morgan fingerprint density at radius 2 is 1.56 bits per heavy atom. The number of carbonyl (C=O) groups excluding carboxylic acids is 1. The van der Waals surface area contributed by atoms with Gasteiger partial charge in [0, 0.05) is 0 Å². The van der Waals surface area contributed by atoms with Gasteiger partial charge < -0.3 is 9.99 Å². The van der Waals surface area contributed by atoms with Crippen LogP contribution in [-0.4, -0.2) is 23.1 Å². The van der Waals surface area contributed by atoms with Gasteiger partial charge in [0.15, 0.2) is 0 Å². The molecule has 2 aromatic carbocycles. The number of hydrogen-bond acceptors (Lipinski definition) is 6. The van der Waals surface area contributed by atoms with Gasteiger partial charge in [-0.05, 0) is 16.3 Å². The quantitative estimate of drug-likeness (QED) is 0.236. The van der Waals surface area contributed by atoms with E-state index < -0.39 is 41.7 Å². The minimum Gasteiger partial charge on any atom is -0.691 e. The van der Waals surface area contributed by atoms with Crippen LogP contribution in [0.25, 0.3) is 10.8 Å². The zero-order chi connectivity index (χ0) is 20.3. The second kappa shape index (κ2) is 7.92. The molecule has 0 aliphatic rings. The molecule has 0 unspecified atom stereocenters. The third-order valence-corrected chi connectivity index (χ3v) is 4.51. The summed E-state index contributed by atoms with van der Waals surface area (Å²) in [5.41, 5.74) is 0.186. The Morgan fingerprint density at radius 1 is 0.963 bits per heavy atom. The van der Waals surface area contributed by atoms with Crippen molar-refractivity contribution < 1.29 is 50.5 Å². The van der Waals surface area contributed by atoms with Crippen LogP contribution >= 0.6 is 12.0 Å². The first kappa shape index (κ1) is 21.3. The number of benzene rings is 2. The number of ether oxygens (including phenoxy) is 1. The summed E-state index contributed by atoms with van der Waals surface area (Å²) in [5, 5.41) is 13.4. The molecule has 0 N–H and O–H groups in total. The summed E-state index contributed by atoms with van der Waals surface area (Å²) in [6.07, 6.45) is -12.4.